The number of carbonyl (C=O) groups excluding carboxylic acids is 1. The standard InChI is InChI=1S/C6H10O3.Na/c1-2-3-4-5-9-6(7)8;/h2H,1,3-5H2,(H,7,8);/q;+1/p-1. The van der Waals surface area contributed by atoms with E-state index in [9.17, 15) is 9.90 Å². The van der Waals surface area contributed by atoms with Crippen LogP contribution in [0.4, 0.5) is 4.79 Å². The second-order valence-electron chi connectivity index (χ2n) is 1.53. The van der Waals surface area contributed by atoms with Crippen LogP contribution in [0, 0.1) is 0 Å². The van der Waals surface area contributed by atoms with Crippen LogP contribution in [0.1, 0.15) is 12.8 Å². The molecule has 0 unspecified atom stereocenters. The summed E-state index contributed by atoms with van der Waals surface area (Å²) in [6.45, 7) is 3.66. The maximum atomic E-state index is 9.60. The Balaban J connectivity index is 0. The average Bonchev–Trinajstić information content (AvgIpc) is 1.80. The van der Waals surface area contributed by atoms with Crippen molar-refractivity contribution in [3.63, 3.8) is 0 Å². The van der Waals surface area contributed by atoms with Gasteiger partial charge in [-0.2, -0.15) is 0 Å². The predicted molar refractivity (Wildman–Crippen MR) is 30.8 cm³/mol. The van der Waals surface area contributed by atoms with Gasteiger partial charge in [-0.3, -0.25) is 0 Å². The Morgan fingerprint density at radius 1 is 1.70 bits per heavy atom. The van der Waals surface area contributed by atoms with Gasteiger partial charge in [0.1, 0.15) is 0 Å². The van der Waals surface area contributed by atoms with Crippen molar-refractivity contribution in [2.24, 2.45) is 0 Å². The summed E-state index contributed by atoms with van der Waals surface area (Å²) >= 11 is 0. The van der Waals surface area contributed by atoms with Crippen molar-refractivity contribution in [2.45, 2.75) is 12.8 Å². The largest absolute Gasteiger partial charge is 1.00 e. The van der Waals surface area contributed by atoms with E-state index in [1.54, 1.807) is 6.08 Å². The van der Waals surface area contributed by atoms with Crippen molar-refractivity contribution < 1.29 is 44.2 Å². The molecule has 0 atom stereocenters. The molecule has 52 valence electrons. The number of allylic oxidation sites excluding steroid dienone is 1. The number of unbranched alkanes of at least 4 members (excludes halogenated alkanes) is 1. The quantitative estimate of drug-likeness (QED) is 0.191. The van der Waals surface area contributed by atoms with Crippen molar-refractivity contribution in [1.29, 1.82) is 0 Å². The maximum Gasteiger partial charge on any atom is 1.00 e. The molecule has 10 heavy (non-hydrogen) atoms. The van der Waals surface area contributed by atoms with E-state index in [0.717, 1.165) is 6.42 Å². The number of carboxylic acid groups (broad SMARTS) is 1. The second-order valence-corrected chi connectivity index (χ2v) is 1.53. The zero-order valence-electron chi connectivity index (χ0n) is 6.13. The van der Waals surface area contributed by atoms with Gasteiger partial charge >= 0.3 is 29.6 Å². The van der Waals surface area contributed by atoms with Gasteiger partial charge in [-0.05, 0) is 12.8 Å². The first kappa shape index (κ1) is 12.7. The zero-order valence-corrected chi connectivity index (χ0v) is 8.13. The molecule has 0 rings (SSSR count). The molecular formula is C6H9NaO3. The first-order valence-electron chi connectivity index (χ1n) is 2.72. The molecule has 0 saturated carbocycles. The van der Waals surface area contributed by atoms with Gasteiger partial charge in [0.15, 0.2) is 0 Å². The molecule has 0 aromatic carbocycles. The van der Waals surface area contributed by atoms with E-state index in [0.29, 0.717) is 6.42 Å². The molecule has 0 amide bonds. The SMILES string of the molecule is C=CCCCOC(=O)[O-].[Na+]. The van der Waals surface area contributed by atoms with Gasteiger partial charge in [-0.15, -0.1) is 6.58 Å². The van der Waals surface area contributed by atoms with E-state index in [4.69, 9.17) is 0 Å². The van der Waals surface area contributed by atoms with Gasteiger partial charge < -0.3 is 14.6 Å². The van der Waals surface area contributed by atoms with Gasteiger partial charge in [-0.1, -0.05) is 6.08 Å². The van der Waals surface area contributed by atoms with Crippen molar-refractivity contribution >= 4 is 6.16 Å². The van der Waals surface area contributed by atoms with Gasteiger partial charge in [0, 0.05) is 6.61 Å². The van der Waals surface area contributed by atoms with E-state index in [1.807, 2.05) is 0 Å². The summed E-state index contributed by atoms with van der Waals surface area (Å²) < 4.78 is 4.10. The third-order valence-corrected chi connectivity index (χ3v) is 0.772. The molecule has 0 aliphatic rings. The van der Waals surface area contributed by atoms with Crippen LogP contribution in [0.2, 0.25) is 0 Å². The van der Waals surface area contributed by atoms with Crippen molar-refractivity contribution in [3.8, 4) is 0 Å². The van der Waals surface area contributed by atoms with Crippen molar-refractivity contribution in [1.82, 2.24) is 0 Å². The molecule has 0 saturated heterocycles. The van der Waals surface area contributed by atoms with Crippen LogP contribution in [-0.2, 0) is 4.74 Å². The van der Waals surface area contributed by atoms with E-state index >= 15 is 0 Å². The Morgan fingerprint density at radius 2 is 2.30 bits per heavy atom. The second kappa shape index (κ2) is 9.01. The zero-order chi connectivity index (χ0) is 7.11. The predicted octanol–water partition coefficient (Wildman–Crippen LogP) is -2.68. The number of carbonyl (C=O) groups is 1. The number of ether oxygens (including phenoxy) is 1. The minimum Gasteiger partial charge on any atom is -0.550 e. The Bertz CT molecular complexity index is 103. The van der Waals surface area contributed by atoms with Crippen LogP contribution < -0.4 is 34.7 Å². The third kappa shape index (κ3) is 10.9. The summed E-state index contributed by atoms with van der Waals surface area (Å²) in [4.78, 5) is 9.60. The summed E-state index contributed by atoms with van der Waals surface area (Å²) in [6.07, 6.45) is 1.70. The summed E-state index contributed by atoms with van der Waals surface area (Å²) in [5, 5.41) is 9.60. The molecule has 0 N–H and O–H groups in total. The van der Waals surface area contributed by atoms with Crippen LogP contribution in [-0.4, -0.2) is 12.8 Å². The number of rotatable bonds is 4. The smallest absolute Gasteiger partial charge is 0.550 e. The molecule has 0 fully saturated rings. The number of hydrogen-bond donors (Lipinski definition) is 0. The Kier molecular flexibility index (Phi) is 11.4. The van der Waals surface area contributed by atoms with Gasteiger partial charge in [0.05, 0.1) is 0 Å². The number of hydrogen-bond acceptors (Lipinski definition) is 3. The molecular weight excluding hydrogens is 143 g/mol. The van der Waals surface area contributed by atoms with Crippen LogP contribution in [0.15, 0.2) is 12.7 Å². The Morgan fingerprint density at radius 3 is 2.70 bits per heavy atom. The molecule has 0 aromatic heterocycles. The van der Waals surface area contributed by atoms with Crippen molar-refractivity contribution in [3.05, 3.63) is 12.7 Å². The average molecular weight is 152 g/mol. The minimum atomic E-state index is -1.46. The Hall–Kier alpha value is 0.0100. The van der Waals surface area contributed by atoms with Crippen LogP contribution >= 0.6 is 0 Å². The molecule has 3 nitrogen and oxygen atoms in total. The molecule has 0 aromatic rings. The van der Waals surface area contributed by atoms with E-state index in [-0.39, 0.29) is 36.2 Å². The molecule has 0 spiro atoms. The topological polar surface area (TPSA) is 49.4 Å². The van der Waals surface area contributed by atoms with E-state index < -0.39 is 6.16 Å². The summed E-state index contributed by atoms with van der Waals surface area (Å²) in [5.41, 5.74) is 0. The van der Waals surface area contributed by atoms with Crippen molar-refractivity contribution in [2.75, 3.05) is 6.61 Å². The molecule has 0 bridgehead atoms. The minimum absolute atomic E-state index is 0. The molecule has 0 heterocycles. The van der Waals surface area contributed by atoms with Crippen LogP contribution in [0.5, 0.6) is 0 Å². The fraction of sp³-hybridized carbons (Fsp3) is 0.500. The summed E-state index contributed by atoms with van der Waals surface area (Å²) in [6, 6.07) is 0. The van der Waals surface area contributed by atoms with Crippen LogP contribution in [0.3, 0.4) is 0 Å². The van der Waals surface area contributed by atoms with Gasteiger partial charge in [0.2, 0.25) is 0 Å². The third-order valence-electron chi connectivity index (χ3n) is 0.772. The van der Waals surface area contributed by atoms with Gasteiger partial charge in [0.25, 0.3) is 6.16 Å². The van der Waals surface area contributed by atoms with E-state index in [2.05, 4.69) is 11.3 Å². The van der Waals surface area contributed by atoms with E-state index in [1.165, 1.54) is 0 Å². The van der Waals surface area contributed by atoms with Crippen LogP contribution in [0.25, 0.3) is 0 Å². The Labute approximate surface area is 82.4 Å². The molecule has 0 radical (unpaired) electrons. The molecule has 4 heteroatoms. The monoisotopic (exact) mass is 152 g/mol. The summed E-state index contributed by atoms with van der Waals surface area (Å²) in [5.74, 6) is 0. The van der Waals surface area contributed by atoms with Gasteiger partial charge in [-0.25, -0.2) is 0 Å². The molecule has 0 aliphatic carbocycles. The fourth-order valence-electron chi connectivity index (χ4n) is 0.383. The maximum absolute atomic E-state index is 9.60. The summed E-state index contributed by atoms with van der Waals surface area (Å²) in [7, 11) is 0. The fourth-order valence-corrected chi connectivity index (χ4v) is 0.383. The first-order valence-corrected chi connectivity index (χ1v) is 2.72. The first-order chi connectivity index (χ1) is 4.27. The molecule has 0 aliphatic heterocycles. The normalized spacial score (nSPS) is 7.60.